The molecule has 0 aromatic heterocycles. The lowest BCUT2D eigenvalue weighted by molar-refractivity contribution is -0.140. The fourth-order valence-electron chi connectivity index (χ4n) is 7.37. The predicted molar refractivity (Wildman–Crippen MR) is 131 cm³/mol. The van der Waals surface area contributed by atoms with Crippen LogP contribution >= 0.6 is 0 Å². The van der Waals surface area contributed by atoms with E-state index in [1.807, 2.05) is 6.92 Å². The predicted octanol–water partition coefficient (Wildman–Crippen LogP) is 5.52. The molecule has 3 aliphatic carbocycles. The maximum atomic E-state index is 11.9. The number of fused-ring (bicyclic) bond motifs is 1. The lowest BCUT2D eigenvalue weighted by Gasteiger charge is -2.44. The number of carbonyl (C=O) groups is 1. The Morgan fingerprint density at radius 3 is 2.58 bits per heavy atom. The van der Waals surface area contributed by atoms with E-state index in [1.54, 1.807) is 0 Å². The Bertz CT molecular complexity index is 882. The largest absolute Gasteiger partial charge is 0.458 e. The molecule has 4 fully saturated rings. The molecule has 182 valence electrons. The van der Waals surface area contributed by atoms with Gasteiger partial charge in [-0.15, -0.1) is 0 Å². The number of rotatable bonds is 4. The molecule has 4 nitrogen and oxygen atoms in total. The fraction of sp³-hybridized carbons (Fsp3) is 0.690. The van der Waals surface area contributed by atoms with Gasteiger partial charge in [-0.25, -0.2) is 4.79 Å². The van der Waals surface area contributed by atoms with Gasteiger partial charge in [0.15, 0.2) is 0 Å². The summed E-state index contributed by atoms with van der Waals surface area (Å²) in [4.78, 5) is 11.9. The summed E-state index contributed by atoms with van der Waals surface area (Å²) in [5, 5.41) is 20.8. The number of esters is 1. The van der Waals surface area contributed by atoms with E-state index in [-0.39, 0.29) is 29.3 Å². The molecule has 0 amide bonds. The third-order valence-electron chi connectivity index (χ3n) is 9.76. The van der Waals surface area contributed by atoms with Gasteiger partial charge in [-0.3, -0.25) is 0 Å². The van der Waals surface area contributed by atoms with Crippen molar-refractivity contribution in [1.29, 1.82) is 0 Å². The normalized spacial score (nSPS) is 44.9. The van der Waals surface area contributed by atoms with Crippen molar-refractivity contribution >= 4 is 5.97 Å². The molecule has 33 heavy (non-hydrogen) atoms. The number of carbonyl (C=O) groups excluding carboxylic acids is 1. The Kier molecular flexibility index (Phi) is 6.81. The quantitative estimate of drug-likeness (QED) is 0.434. The van der Waals surface area contributed by atoms with E-state index >= 15 is 0 Å². The van der Waals surface area contributed by atoms with Crippen molar-refractivity contribution in [3.63, 3.8) is 0 Å². The molecule has 0 spiro atoms. The van der Waals surface area contributed by atoms with Crippen LogP contribution in [0.1, 0.15) is 72.6 Å². The first-order valence-corrected chi connectivity index (χ1v) is 12.9. The number of cyclic esters (lactones) is 1. The van der Waals surface area contributed by atoms with Crippen LogP contribution < -0.4 is 0 Å². The first kappa shape index (κ1) is 24.5. The zero-order valence-electron chi connectivity index (χ0n) is 20.8. The highest BCUT2D eigenvalue weighted by molar-refractivity contribution is 5.90. The summed E-state index contributed by atoms with van der Waals surface area (Å²) in [6.07, 6.45) is 10.6. The zero-order chi connectivity index (χ0) is 24.1. The molecule has 2 N–H and O–H groups in total. The minimum Gasteiger partial charge on any atom is -0.458 e. The van der Waals surface area contributed by atoms with E-state index in [4.69, 9.17) is 4.74 Å². The molecule has 4 heteroatoms. The number of ether oxygens (including phenoxy) is 1. The standard InChI is InChI=1S/C29H42O4/c1-16(14-26-17(2)18(3)28(32)33-26)23-11-12-24-21(8-7-13-29(23,24)6)9-10-22-15-25(30)20(5)27(31)19(22)4/h9-10,16-17,20,23-27,30-31H,3-4,7-8,11-15H2,1-2,5-6H3/b21-9+,22-10-/t16-,17-,20-,23-,24+,25+,26-,27+,29-/m1/s1. The fourth-order valence-corrected chi connectivity index (χ4v) is 7.37. The van der Waals surface area contributed by atoms with E-state index in [1.165, 1.54) is 31.3 Å². The molecule has 0 bridgehead atoms. The average Bonchev–Trinajstić information content (AvgIpc) is 3.25. The summed E-state index contributed by atoms with van der Waals surface area (Å²) in [5.41, 5.74) is 4.13. The minimum absolute atomic E-state index is 0.0384. The zero-order valence-corrected chi connectivity index (χ0v) is 20.8. The third kappa shape index (κ3) is 4.30. The van der Waals surface area contributed by atoms with Crippen LogP contribution in [0, 0.1) is 35.0 Å². The minimum atomic E-state index is -0.671. The number of hydrogen-bond donors (Lipinski definition) is 2. The van der Waals surface area contributed by atoms with E-state index in [9.17, 15) is 15.0 Å². The van der Waals surface area contributed by atoms with Crippen LogP contribution in [0.4, 0.5) is 0 Å². The lowest BCUT2D eigenvalue weighted by atomic mass is 9.60. The first-order chi connectivity index (χ1) is 15.5. The Morgan fingerprint density at radius 2 is 1.91 bits per heavy atom. The third-order valence-corrected chi connectivity index (χ3v) is 9.76. The van der Waals surface area contributed by atoms with E-state index < -0.39 is 12.2 Å². The molecule has 0 unspecified atom stereocenters. The highest BCUT2D eigenvalue weighted by Crippen LogP contribution is 2.60. The van der Waals surface area contributed by atoms with Gasteiger partial charge in [0, 0.05) is 17.4 Å². The van der Waals surface area contributed by atoms with Gasteiger partial charge in [0.1, 0.15) is 6.10 Å². The van der Waals surface area contributed by atoms with Gasteiger partial charge in [-0.2, -0.15) is 0 Å². The van der Waals surface area contributed by atoms with Crippen LogP contribution in [-0.2, 0) is 9.53 Å². The smallest absolute Gasteiger partial charge is 0.334 e. The molecular weight excluding hydrogens is 412 g/mol. The Labute approximate surface area is 199 Å². The molecule has 9 atom stereocenters. The number of allylic oxidation sites excluding steroid dienone is 3. The van der Waals surface area contributed by atoms with Crippen molar-refractivity contribution < 1.29 is 19.7 Å². The summed E-state index contributed by atoms with van der Waals surface area (Å²) in [6.45, 7) is 16.8. The maximum Gasteiger partial charge on any atom is 0.334 e. The van der Waals surface area contributed by atoms with Gasteiger partial charge >= 0.3 is 5.97 Å². The average molecular weight is 455 g/mol. The van der Waals surface area contributed by atoms with E-state index in [0.717, 1.165) is 24.0 Å². The molecule has 1 saturated heterocycles. The second kappa shape index (κ2) is 9.19. The van der Waals surface area contributed by atoms with Gasteiger partial charge in [0.25, 0.3) is 0 Å². The Hall–Kier alpha value is -1.65. The van der Waals surface area contributed by atoms with Crippen molar-refractivity contribution in [2.45, 2.75) is 91.0 Å². The summed E-state index contributed by atoms with van der Waals surface area (Å²) < 4.78 is 5.64. The van der Waals surface area contributed by atoms with Gasteiger partial charge in [-0.1, -0.05) is 58.6 Å². The maximum absolute atomic E-state index is 11.9. The van der Waals surface area contributed by atoms with Gasteiger partial charge in [0.2, 0.25) is 0 Å². The molecule has 3 saturated carbocycles. The van der Waals surface area contributed by atoms with Crippen molar-refractivity contribution in [1.82, 2.24) is 0 Å². The summed E-state index contributed by atoms with van der Waals surface area (Å²) in [7, 11) is 0. The summed E-state index contributed by atoms with van der Waals surface area (Å²) >= 11 is 0. The van der Waals surface area contributed by atoms with Crippen LogP contribution in [0.2, 0.25) is 0 Å². The molecule has 4 aliphatic rings. The van der Waals surface area contributed by atoms with Gasteiger partial charge in [0.05, 0.1) is 12.2 Å². The lowest BCUT2D eigenvalue weighted by Crippen LogP contribution is -2.37. The Morgan fingerprint density at radius 1 is 1.18 bits per heavy atom. The number of aliphatic hydroxyl groups is 2. The molecule has 1 heterocycles. The van der Waals surface area contributed by atoms with Crippen LogP contribution in [-0.4, -0.2) is 34.5 Å². The Balaban J connectivity index is 1.49. The van der Waals surface area contributed by atoms with E-state index in [2.05, 4.69) is 46.1 Å². The van der Waals surface area contributed by atoms with Crippen LogP contribution in [0.15, 0.2) is 47.6 Å². The molecule has 1 aliphatic heterocycles. The van der Waals surface area contributed by atoms with Gasteiger partial charge < -0.3 is 14.9 Å². The van der Waals surface area contributed by atoms with Crippen LogP contribution in [0.5, 0.6) is 0 Å². The van der Waals surface area contributed by atoms with Crippen molar-refractivity contribution in [2.24, 2.45) is 35.0 Å². The van der Waals surface area contributed by atoms with Crippen LogP contribution in [0.3, 0.4) is 0 Å². The topological polar surface area (TPSA) is 66.8 Å². The van der Waals surface area contributed by atoms with Crippen LogP contribution in [0.25, 0.3) is 0 Å². The van der Waals surface area contributed by atoms with Crippen molar-refractivity contribution in [3.05, 3.63) is 47.6 Å². The monoisotopic (exact) mass is 454 g/mol. The first-order valence-electron chi connectivity index (χ1n) is 12.9. The van der Waals surface area contributed by atoms with Crippen molar-refractivity contribution in [3.8, 4) is 0 Å². The summed E-state index contributed by atoms with van der Waals surface area (Å²) in [5.74, 6) is 1.40. The number of hydrogen-bond acceptors (Lipinski definition) is 4. The molecule has 0 radical (unpaired) electrons. The number of aliphatic hydroxyl groups excluding tert-OH is 2. The van der Waals surface area contributed by atoms with E-state index in [0.29, 0.717) is 29.7 Å². The SMILES string of the molecule is C=C1C(=O)O[C@H](C[C@@H](C)[C@H]2CC[C@H]3/C(=C/C=C4/C[C@H](O)[C@@H](C)[C@@H](O)C4=C)CCC[C@]23C)[C@@H]1C. The summed E-state index contributed by atoms with van der Waals surface area (Å²) in [6, 6.07) is 0. The second-order valence-corrected chi connectivity index (χ2v) is 11.6. The molecule has 0 aromatic carbocycles. The molecule has 0 aromatic rings. The van der Waals surface area contributed by atoms with Crippen molar-refractivity contribution in [2.75, 3.05) is 0 Å². The van der Waals surface area contributed by atoms with Gasteiger partial charge in [-0.05, 0) is 79.3 Å². The highest BCUT2D eigenvalue weighted by atomic mass is 16.6. The highest BCUT2D eigenvalue weighted by Gasteiger charge is 2.51. The molecule has 4 rings (SSSR count). The second-order valence-electron chi connectivity index (χ2n) is 11.6. The molecular formula is C29H42O4.